The highest BCUT2D eigenvalue weighted by atomic mass is 16.6. The molecule has 0 aliphatic carbocycles. The van der Waals surface area contributed by atoms with Crippen molar-refractivity contribution in [3.8, 4) is 0 Å². The molecule has 106 valence electrons. The molecule has 0 aliphatic heterocycles. The van der Waals surface area contributed by atoms with Crippen molar-refractivity contribution in [2.24, 2.45) is 5.84 Å². The lowest BCUT2D eigenvalue weighted by atomic mass is 10.2. The highest BCUT2D eigenvalue weighted by Crippen LogP contribution is 2.04. The summed E-state index contributed by atoms with van der Waals surface area (Å²) in [6.45, 7) is 5.20. The molecule has 0 heterocycles. The predicted octanol–water partition coefficient (Wildman–Crippen LogP) is 1.41. The number of rotatable bonds is 9. The van der Waals surface area contributed by atoms with E-state index in [-0.39, 0.29) is 18.4 Å². The maximum absolute atomic E-state index is 11.6. The van der Waals surface area contributed by atoms with E-state index >= 15 is 0 Å². The maximum Gasteiger partial charge on any atom is 0.409 e. The normalized spacial score (nSPS) is 9.94. The first-order valence-corrected chi connectivity index (χ1v) is 6.56. The van der Waals surface area contributed by atoms with Gasteiger partial charge in [0.25, 0.3) is 0 Å². The van der Waals surface area contributed by atoms with Gasteiger partial charge in [-0.2, -0.15) is 0 Å². The van der Waals surface area contributed by atoms with Crippen LogP contribution in [0.3, 0.4) is 0 Å². The third kappa shape index (κ3) is 7.89. The number of amides is 2. The van der Waals surface area contributed by atoms with Crippen LogP contribution in [0.2, 0.25) is 0 Å². The van der Waals surface area contributed by atoms with E-state index in [0.29, 0.717) is 19.7 Å². The summed E-state index contributed by atoms with van der Waals surface area (Å²) in [5.74, 6) is 4.72. The number of ether oxygens (including phenoxy) is 1. The monoisotopic (exact) mass is 259 g/mol. The molecule has 0 aliphatic rings. The molecular weight excluding hydrogens is 234 g/mol. The van der Waals surface area contributed by atoms with Crippen LogP contribution in [-0.2, 0) is 9.53 Å². The van der Waals surface area contributed by atoms with E-state index in [1.54, 1.807) is 11.8 Å². The Morgan fingerprint density at radius 1 is 1.17 bits per heavy atom. The first-order valence-electron chi connectivity index (χ1n) is 6.56. The van der Waals surface area contributed by atoms with E-state index in [9.17, 15) is 9.59 Å². The average molecular weight is 259 g/mol. The maximum atomic E-state index is 11.6. The van der Waals surface area contributed by atoms with Gasteiger partial charge >= 0.3 is 6.09 Å². The van der Waals surface area contributed by atoms with Crippen molar-refractivity contribution >= 4 is 12.0 Å². The third-order valence-electron chi connectivity index (χ3n) is 2.58. The van der Waals surface area contributed by atoms with E-state index in [1.165, 1.54) is 0 Å². The molecule has 0 bridgehead atoms. The van der Waals surface area contributed by atoms with Crippen LogP contribution in [0.5, 0.6) is 0 Å². The number of nitrogens with one attached hydrogen (secondary N) is 1. The molecule has 0 spiro atoms. The van der Waals surface area contributed by atoms with Crippen LogP contribution in [0, 0.1) is 0 Å². The summed E-state index contributed by atoms with van der Waals surface area (Å²) in [5, 5.41) is 0. The summed E-state index contributed by atoms with van der Waals surface area (Å²) in [4.78, 5) is 24.3. The van der Waals surface area contributed by atoms with Crippen molar-refractivity contribution in [1.29, 1.82) is 0 Å². The molecule has 6 heteroatoms. The average Bonchev–Trinajstić information content (AvgIpc) is 2.37. The van der Waals surface area contributed by atoms with Crippen LogP contribution in [0.1, 0.15) is 46.0 Å². The molecule has 0 unspecified atom stereocenters. The fourth-order valence-corrected chi connectivity index (χ4v) is 1.55. The zero-order chi connectivity index (χ0) is 13.8. The standard InChI is InChI=1S/C12H25N3O3/c1-3-5-6-7-9-15(12(17)18-4-2)10-8-11(16)14-13/h3-10,13H2,1-2H3,(H,14,16). The van der Waals surface area contributed by atoms with Crippen molar-refractivity contribution < 1.29 is 14.3 Å². The molecule has 0 atom stereocenters. The summed E-state index contributed by atoms with van der Waals surface area (Å²) >= 11 is 0. The Morgan fingerprint density at radius 3 is 2.44 bits per heavy atom. The summed E-state index contributed by atoms with van der Waals surface area (Å²) < 4.78 is 4.95. The highest BCUT2D eigenvalue weighted by Gasteiger charge is 2.15. The molecule has 0 saturated carbocycles. The lowest BCUT2D eigenvalue weighted by molar-refractivity contribution is -0.121. The van der Waals surface area contributed by atoms with Gasteiger partial charge in [0, 0.05) is 19.5 Å². The van der Waals surface area contributed by atoms with Crippen molar-refractivity contribution in [2.45, 2.75) is 46.0 Å². The Bertz CT molecular complexity index is 247. The fraction of sp³-hybridized carbons (Fsp3) is 0.833. The van der Waals surface area contributed by atoms with Crippen LogP contribution in [0.4, 0.5) is 4.79 Å². The molecule has 0 aromatic rings. The number of carbonyl (C=O) groups is 2. The van der Waals surface area contributed by atoms with E-state index in [2.05, 4.69) is 6.92 Å². The van der Waals surface area contributed by atoms with Gasteiger partial charge in [0.15, 0.2) is 0 Å². The topological polar surface area (TPSA) is 84.7 Å². The van der Waals surface area contributed by atoms with Crippen molar-refractivity contribution in [2.75, 3.05) is 19.7 Å². The smallest absolute Gasteiger partial charge is 0.409 e. The number of nitrogens with zero attached hydrogens (tertiary/aromatic N) is 1. The van der Waals surface area contributed by atoms with Crippen molar-refractivity contribution in [1.82, 2.24) is 10.3 Å². The van der Waals surface area contributed by atoms with Crippen LogP contribution in [-0.4, -0.2) is 36.6 Å². The van der Waals surface area contributed by atoms with Gasteiger partial charge in [0.2, 0.25) is 5.91 Å². The van der Waals surface area contributed by atoms with Gasteiger partial charge in [-0.05, 0) is 13.3 Å². The number of unbranched alkanes of at least 4 members (excludes halogenated alkanes) is 3. The zero-order valence-electron chi connectivity index (χ0n) is 11.4. The Labute approximate surface area is 109 Å². The molecule has 0 rings (SSSR count). The molecule has 0 saturated heterocycles. The molecule has 0 fully saturated rings. The Morgan fingerprint density at radius 2 is 1.89 bits per heavy atom. The Kier molecular flexibility index (Phi) is 10.0. The summed E-state index contributed by atoms with van der Waals surface area (Å²) in [6, 6.07) is 0. The van der Waals surface area contributed by atoms with Crippen LogP contribution in [0.25, 0.3) is 0 Å². The second-order valence-electron chi connectivity index (χ2n) is 4.06. The van der Waals surface area contributed by atoms with Crippen LogP contribution >= 0.6 is 0 Å². The second kappa shape index (κ2) is 10.8. The molecule has 0 aromatic carbocycles. The van der Waals surface area contributed by atoms with Crippen molar-refractivity contribution in [3.05, 3.63) is 0 Å². The molecule has 0 radical (unpaired) electrons. The van der Waals surface area contributed by atoms with E-state index < -0.39 is 0 Å². The number of hydrogen-bond acceptors (Lipinski definition) is 4. The SMILES string of the molecule is CCCCCCN(CCC(=O)NN)C(=O)OCC. The van der Waals surface area contributed by atoms with Crippen LogP contribution in [0.15, 0.2) is 0 Å². The largest absolute Gasteiger partial charge is 0.450 e. The number of hydrogen-bond donors (Lipinski definition) is 2. The van der Waals surface area contributed by atoms with E-state index in [4.69, 9.17) is 10.6 Å². The summed E-state index contributed by atoms with van der Waals surface area (Å²) in [6.07, 6.45) is 4.14. The minimum atomic E-state index is -0.362. The minimum absolute atomic E-state index is 0.198. The first kappa shape index (κ1) is 16.7. The van der Waals surface area contributed by atoms with Gasteiger partial charge in [-0.15, -0.1) is 0 Å². The van der Waals surface area contributed by atoms with E-state index in [1.807, 2.05) is 5.43 Å². The minimum Gasteiger partial charge on any atom is -0.450 e. The zero-order valence-corrected chi connectivity index (χ0v) is 11.4. The van der Waals surface area contributed by atoms with E-state index in [0.717, 1.165) is 25.7 Å². The lowest BCUT2D eigenvalue weighted by Gasteiger charge is -2.21. The molecule has 6 nitrogen and oxygen atoms in total. The Hall–Kier alpha value is -1.30. The lowest BCUT2D eigenvalue weighted by Crippen LogP contribution is -2.38. The van der Waals surface area contributed by atoms with Gasteiger partial charge in [0.1, 0.15) is 0 Å². The van der Waals surface area contributed by atoms with Crippen molar-refractivity contribution in [3.63, 3.8) is 0 Å². The fourth-order valence-electron chi connectivity index (χ4n) is 1.55. The predicted molar refractivity (Wildman–Crippen MR) is 69.7 cm³/mol. The van der Waals surface area contributed by atoms with Gasteiger partial charge in [-0.1, -0.05) is 26.2 Å². The molecular formula is C12H25N3O3. The molecule has 0 aromatic heterocycles. The van der Waals surface area contributed by atoms with Gasteiger partial charge in [-0.25, -0.2) is 10.6 Å². The first-order chi connectivity index (χ1) is 8.65. The van der Waals surface area contributed by atoms with Gasteiger partial charge in [-0.3, -0.25) is 10.2 Å². The number of carbonyl (C=O) groups excluding carboxylic acids is 2. The number of hydrazine groups is 1. The number of nitrogens with two attached hydrogens (primary N) is 1. The summed E-state index contributed by atoms with van der Waals surface area (Å²) in [7, 11) is 0. The second-order valence-corrected chi connectivity index (χ2v) is 4.06. The quantitative estimate of drug-likeness (QED) is 0.284. The third-order valence-corrected chi connectivity index (χ3v) is 2.58. The molecule has 2 amide bonds. The van der Waals surface area contributed by atoms with Gasteiger partial charge in [0.05, 0.1) is 6.61 Å². The molecule has 3 N–H and O–H groups in total. The van der Waals surface area contributed by atoms with Gasteiger partial charge < -0.3 is 9.64 Å². The molecule has 18 heavy (non-hydrogen) atoms. The highest BCUT2D eigenvalue weighted by molar-refractivity contribution is 5.76. The summed E-state index contributed by atoms with van der Waals surface area (Å²) in [5.41, 5.74) is 2.05. The van der Waals surface area contributed by atoms with Crippen LogP contribution < -0.4 is 11.3 Å². The Balaban J connectivity index is 4.07.